The van der Waals surface area contributed by atoms with Gasteiger partial charge < -0.3 is 5.73 Å². The van der Waals surface area contributed by atoms with Crippen LogP contribution in [0.1, 0.15) is 16.7 Å². The first kappa shape index (κ1) is 21.4. The van der Waals surface area contributed by atoms with Gasteiger partial charge in [-0.25, -0.2) is 0 Å². The minimum absolute atomic E-state index is 0. The van der Waals surface area contributed by atoms with Gasteiger partial charge in [-0.1, -0.05) is 36.4 Å². The minimum Gasteiger partial charge on any atom is -0.330 e. The van der Waals surface area contributed by atoms with Crippen molar-refractivity contribution in [3.05, 3.63) is 77.5 Å². The molecule has 0 saturated carbocycles. The smallest absolute Gasteiger partial charge is 0.0702 e. The fourth-order valence-electron chi connectivity index (χ4n) is 2.88. The van der Waals surface area contributed by atoms with E-state index in [2.05, 4.69) is 65.5 Å². The maximum absolute atomic E-state index is 5.59. The Kier molecular flexibility index (Phi) is 8.87. The number of aromatic nitrogens is 1. The van der Waals surface area contributed by atoms with Gasteiger partial charge in [0.05, 0.1) is 5.52 Å². The maximum Gasteiger partial charge on any atom is 0.0702 e. The molecule has 0 radical (unpaired) electrons. The summed E-state index contributed by atoms with van der Waals surface area (Å²) < 4.78 is 0. The summed E-state index contributed by atoms with van der Waals surface area (Å²) in [4.78, 5) is 6.70. The number of fused-ring (bicyclic) bond motifs is 1. The number of pyridine rings is 1. The topological polar surface area (TPSA) is 42.1 Å². The van der Waals surface area contributed by atoms with Gasteiger partial charge in [0.15, 0.2) is 0 Å². The van der Waals surface area contributed by atoms with E-state index in [1.165, 1.54) is 22.1 Å². The molecule has 0 unspecified atom stereocenters. The molecular weight excluding hydrogens is 353 g/mol. The summed E-state index contributed by atoms with van der Waals surface area (Å²) in [6.07, 6.45) is 2.78. The van der Waals surface area contributed by atoms with Gasteiger partial charge in [0.1, 0.15) is 0 Å². The van der Waals surface area contributed by atoms with Crippen LogP contribution in [-0.2, 0) is 19.5 Å². The van der Waals surface area contributed by atoms with Crippen LogP contribution in [0.5, 0.6) is 0 Å². The molecule has 1 heterocycles. The molecule has 3 aromatic rings. The molecule has 5 heteroatoms. The Morgan fingerprint density at radius 2 is 1.52 bits per heavy atom. The van der Waals surface area contributed by atoms with E-state index in [0.29, 0.717) is 6.54 Å². The standard InChI is InChI=1S/C20H23N3.2ClH/c1-23(14-17-6-4-16(5-7-17)10-11-21)15-18-8-9-20-19(13-18)3-2-12-22-20;;/h2-9,12-13H,10-11,14-15,21H2,1H3;2*1H. The van der Waals surface area contributed by atoms with E-state index < -0.39 is 0 Å². The number of nitrogens with two attached hydrogens (primary N) is 1. The Morgan fingerprint density at radius 1 is 0.880 bits per heavy atom. The number of hydrogen-bond donors (Lipinski definition) is 1. The molecule has 0 fully saturated rings. The normalized spacial score (nSPS) is 10.4. The Labute approximate surface area is 162 Å². The van der Waals surface area contributed by atoms with Crippen LogP contribution in [0.2, 0.25) is 0 Å². The van der Waals surface area contributed by atoms with Crippen LogP contribution >= 0.6 is 24.8 Å². The van der Waals surface area contributed by atoms with Crippen LogP contribution in [-0.4, -0.2) is 23.5 Å². The van der Waals surface area contributed by atoms with E-state index in [0.717, 1.165) is 25.0 Å². The molecule has 0 aliphatic rings. The summed E-state index contributed by atoms with van der Waals surface area (Å²) in [7, 11) is 2.15. The predicted octanol–water partition coefficient (Wildman–Crippen LogP) is 4.21. The van der Waals surface area contributed by atoms with Gasteiger partial charge in [-0.05, 0) is 54.9 Å². The second kappa shape index (κ2) is 10.4. The molecule has 0 bridgehead atoms. The van der Waals surface area contributed by atoms with E-state index in [1.807, 2.05) is 12.3 Å². The number of benzene rings is 2. The van der Waals surface area contributed by atoms with Crippen LogP contribution in [0.15, 0.2) is 60.8 Å². The molecule has 1 aromatic heterocycles. The lowest BCUT2D eigenvalue weighted by Crippen LogP contribution is -2.17. The minimum atomic E-state index is 0. The second-order valence-electron chi connectivity index (χ2n) is 6.06. The van der Waals surface area contributed by atoms with E-state index in [4.69, 9.17) is 5.73 Å². The highest BCUT2D eigenvalue weighted by Gasteiger charge is 2.04. The lowest BCUT2D eigenvalue weighted by molar-refractivity contribution is 0.319. The predicted molar refractivity (Wildman–Crippen MR) is 111 cm³/mol. The summed E-state index contributed by atoms with van der Waals surface area (Å²) in [5, 5.41) is 1.20. The third-order valence-corrected chi connectivity index (χ3v) is 4.03. The van der Waals surface area contributed by atoms with Crippen molar-refractivity contribution in [1.29, 1.82) is 0 Å². The van der Waals surface area contributed by atoms with Crippen molar-refractivity contribution < 1.29 is 0 Å². The quantitative estimate of drug-likeness (QED) is 0.699. The Hall–Kier alpha value is -1.65. The zero-order valence-electron chi connectivity index (χ0n) is 14.4. The zero-order chi connectivity index (χ0) is 16.1. The van der Waals surface area contributed by atoms with Gasteiger partial charge in [0.25, 0.3) is 0 Å². The van der Waals surface area contributed by atoms with Gasteiger partial charge in [-0.3, -0.25) is 9.88 Å². The Bertz CT molecular complexity index is 775. The molecule has 134 valence electrons. The first-order valence-corrected chi connectivity index (χ1v) is 8.05. The van der Waals surface area contributed by atoms with E-state index in [1.54, 1.807) is 0 Å². The van der Waals surface area contributed by atoms with Gasteiger partial charge in [-0.2, -0.15) is 0 Å². The average molecular weight is 378 g/mol. The molecule has 0 saturated heterocycles. The molecular formula is C20H25Cl2N3. The Balaban J connectivity index is 0.00000156. The molecule has 25 heavy (non-hydrogen) atoms. The fraction of sp³-hybridized carbons (Fsp3) is 0.250. The van der Waals surface area contributed by atoms with Crippen LogP contribution in [0.25, 0.3) is 10.9 Å². The van der Waals surface area contributed by atoms with E-state index in [-0.39, 0.29) is 24.8 Å². The number of halogens is 2. The van der Waals surface area contributed by atoms with E-state index in [9.17, 15) is 0 Å². The molecule has 2 N–H and O–H groups in total. The highest BCUT2D eigenvalue weighted by atomic mass is 35.5. The van der Waals surface area contributed by atoms with Crippen molar-refractivity contribution in [2.24, 2.45) is 5.73 Å². The number of nitrogens with zero attached hydrogens (tertiary/aromatic N) is 2. The maximum atomic E-state index is 5.59. The van der Waals surface area contributed by atoms with Crippen molar-refractivity contribution in [1.82, 2.24) is 9.88 Å². The largest absolute Gasteiger partial charge is 0.330 e. The summed E-state index contributed by atoms with van der Waals surface area (Å²) >= 11 is 0. The number of rotatable bonds is 6. The summed E-state index contributed by atoms with van der Waals surface area (Å²) in [5.74, 6) is 0. The van der Waals surface area contributed by atoms with Gasteiger partial charge >= 0.3 is 0 Å². The van der Waals surface area contributed by atoms with Crippen LogP contribution in [0.3, 0.4) is 0 Å². The van der Waals surface area contributed by atoms with Crippen LogP contribution < -0.4 is 5.73 Å². The van der Waals surface area contributed by atoms with Crippen molar-refractivity contribution in [2.45, 2.75) is 19.5 Å². The van der Waals surface area contributed by atoms with Gasteiger partial charge in [0, 0.05) is 24.7 Å². The monoisotopic (exact) mass is 377 g/mol. The Morgan fingerprint density at radius 3 is 2.24 bits per heavy atom. The molecule has 2 aromatic carbocycles. The molecule has 0 amide bonds. The lowest BCUT2D eigenvalue weighted by Gasteiger charge is -2.17. The molecule has 0 spiro atoms. The van der Waals surface area contributed by atoms with Crippen LogP contribution in [0.4, 0.5) is 0 Å². The number of hydrogen-bond acceptors (Lipinski definition) is 3. The van der Waals surface area contributed by atoms with Crippen LogP contribution in [0, 0.1) is 0 Å². The van der Waals surface area contributed by atoms with Crippen molar-refractivity contribution in [2.75, 3.05) is 13.6 Å². The first-order chi connectivity index (χ1) is 11.2. The molecule has 0 aliphatic heterocycles. The molecule has 0 aliphatic carbocycles. The lowest BCUT2D eigenvalue weighted by atomic mass is 10.1. The highest BCUT2D eigenvalue weighted by Crippen LogP contribution is 2.15. The molecule has 0 atom stereocenters. The third kappa shape index (κ3) is 5.98. The SMILES string of the molecule is CN(Cc1ccc(CCN)cc1)Cc1ccc2ncccc2c1.Cl.Cl. The van der Waals surface area contributed by atoms with E-state index >= 15 is 0 Å². The van der Waals surface area contributed by atoms with Crippen molar-refractivity contribution in [3.8, 4) is 0 Å². The average Bonchev–Trinajstić information content (AvgIpc) is 2.57. The fourth-order valence-corrected chi connectivity index (χ4v) is 2.88. The molecule has 3 rings (SSSR count). The summed E-state index contributed by atoms with van der Waals surface area (Å²) in [5.41, 5.74) is 10.6. The molecule has 3 nitrogen and oxygen atoms in total. The second-order valence-corrected chi connectivity index (χ2v) is 6.06. The summed E-state index contributed by atoms with van der Waals surface area (Å²) in [6, 6.07) is 19.3. The first-order valence-electron chi connectivity index (χ1n) is 8.05. The van der Waals surface area contributed by atoms with Gasteiger partial charge in [0.2, 0.25) is 0 Å². The summed E-state index contributed by atoms with van der Waals surface area (Å²) in [6.45, 7) is 2.57. The van der Waals surface area contributed by atoms with Crippen molar-refractivity contribution in [3.63, 3.8) is 0 Å². The highest BCUT2D eigenvalue weighted by molar-refractivity contribution is 5.85. The third-order valence-electron chi connectivity index (χ3n) is 4.03. The van der Waals surface area contributed by atoms with Gasteiger partial charge in [-0.15, -0.1) is 24.8 Å². The van der Waals surface area contributed by atoms with Crippen molar-refractivity contribution >= 4 is 35.7 Å². The zero-order valence-corrected chi connectivity index (χ0v) is 16.0.